The Labute approximate surface area is 231 Å². The molecule has 1 N–H and O–H groups in total. The lowest BCUT2D eigenvalue weighted by Gasteiger charge is -2.30. The molecule has 6 heteroatoms. The molecule has 0 spiro atoms. The van der Waals surface area contributed by atoms with Gasteiger partial charge in [0, 0.05) is 12.7 Å². The maximum absolute atomic E-state index is 13.9. The molecule has 6 nitrogen and oxygen atoms in total. The van der Waals surface area contributed by atoms with Crippen molar-refractivity contribution in [2.75, 3.05) is 12.4 Å². The molecule has 1 atom stereocenters. The maximum atomic E-state index is 13.9. The number of hydrogen-bond acceptors (Lipinski definition) is 3. The van der Waals surface area contributed by atoms with Crippen LogP contribution < -0.4 is 10.9 Å². The van der Waals surface area contributed by atoms with Crippen LogP contribution in [0.4, 0.5) is 10.5 Å². The third kappa shape index (κ3) is 5.47. The van der Waals surface area contributed by atoms with Gasteiger partial charge in [0.15, 0.2) is 0 Å². The second-order valence-corrected chi connectivity index (χ2v) is 11.0. The molecule has 0 aliphatic heterocycles. The minimum atomic E-state index is -0.434. The standard InChI is InChI=1S/C33H40N4O2/c1-9-28(36(8)33(39)35-30-24(20(2)3)14-12-15-25(30)21(4)5)31-34-27-16-11-10-13-26(27)32(38)37(31)29-18-17-22(6)19-23(29)7/h10-21,28H,9H2,1-8H3,(H,35,39). The number of urea groups is 1. The lowest BCUT2D eigenvalue weighted by molar-refractivity contribution is 0.199. The average Bonchev–Trinajstić information content (AvgIpc) is 2.89. The van der Waals surface area contributed by atoms with Gasteiger partial charge in [-0.05, 0) is 67.0 Å². The first kappa shape index (κ1) is 28.1. The highest BCUT2D eigenvalue weighted by molar-refractivity contribution is 5.91. The molecule has 1 heterocycles. The highest BCUT2D eigenvalue weighted by Crippen LogP contribution is 2.33. The molecule has 1 aromatic heterocycles. The summed E-state index contributed by atoms with van der Waals surface area (Å²) in [6.07, 6.45) is 0.586. The quantitative estimate of drug-likeness (QED) is 0.267. The molecule has 4 aromatic rings. The number of nitrogens with one attached hydrogen (secondary N) is 1. The first-order valence-corrected chi connectivity index (χ1v) is 13.8. The fourth-order valence-corrected chi connectivity index (χ4v) is 5.32. The summed E-state index contributed by atoms with van der Waals surface area (Å²) >= 11 is 0. The molecule has 0 fully saturated rings. The number of para-hydroxylation sites is 2. The largest absolute Gasteiger partial charge is 0.322 e. The van der Waals surface area contributed by atoms with Gasteiger partial charge in [0.2, 0.25) is 0 Å². The van der Waals surface area contributed by atoms with Gasteiger partial charge in [0.1, 0.15) is 5.82 Å². The van der Waals surface area contributed by atoms with Crippen molar-refractivity contribution in [3.63, 3.8) is 0 Å². The molecule has 3 aromatic carbocycles. The Kier molecular flexibility index (Phi) is 8.24. The first-order valence-electron chi connectivity index (χ1n) is 13.8. The van der Waals surface area contributed by atoms with Crippen molar-refractivity contribution < 1.29 is 4.79 Å². The summed E-state index contributed by atoms with van der Waals surface area (Å²) in [5.74, 6) is 1.05. The number of carbonyl (C=O) groups excluding carboxylic acids is 1. The molecule has 204 valence electrons. The molecule has 0 aliphatic carbocycles. The van der Waals surface area contributed by atoms with Crippen molar-refractivity contribution in [3.05, 3.63) is 99.1 Å². The lowest BCUT2D eigenvalue weighted by Crippen LogP contribution is -2.38. The van der Waals surface area contributed by atoms with Gasteiger partial charge in [-0.2, -0.15) is 0 Å². The number of nitrogens with zero attached hydrogens (tertiary/aromatic N) is 3. The molecule has 4 rings (SSSR count). The fraction of sp³-hybridized carbons (Fsp3) is 0.364. The molecular formula is C33H40N4O2. The predicted molar refractivity (Wildman–Crippen MR) is 161 cm³/mol. The van der Waals surface area contributed by atoms with Crippen LogP contribution >= 0.6 is 0 Å². The van der Waals surface area contributed by atoms with E-state index in [4.69, 9.17) is 4.98 Å². The maximum Gasteiger partial charge on any atom is 0.322 e. The topological polar surface area (TPSA) is 67.2 Å². The smallest absolute Gasteiger partial charge is 0.317 e. The Bertz CT molecular complexity index is 1540. The number of fused-ring (bicyclic) bond motifs is 1. The van der Waals surface area contributed by atoms with Crippen LogP contribution in [-0.4, -0.2) is 27.5 Å². The molecule has 39 heavy (non-hydrogen) atoms. The number of benzene rings is 3. The molecular weight excluding hydrogens is 484 g/mol. The summed E-state index contributed by atoms with van der Waals surface area (Å²) in [7, 11) is 1.78. The molecule has 0 radical (unpaired) electrons. The van der Waals surface area contributed by atoms with Gasteiger partial charge in [0.25, 0.3) is 5.56 Å². The Morgan fingerprint density at radius 2 is 1.59 bits per heavy atom. The van der Waals surface area contributed by atoms with Crippen molar-refractivity contribution in [3.8, 4) is 5.69 Å². The number of hydrogen-bond donors (Lipinski definition) is 1. The van der Waals surface area contributed by atoms with Crippen molar-refractivity contribution in [1.82, 2.24) is 14.5 Å². The summed E-state index contributed by atoms with van der Waals surface area (Å²) in [6, 6.07) is 19.0. The summed E-state index contributed by atoms with van der Waals surface area (Å²) in [6.45, 7) is 14.6. The minimum absolute atomic E-state index is 0.137. The van der Waals surface area contributed by atoms with E-state index in [0.29, 0.717) is 23.1 Å². The third-order valence-corrected chi connectivity index (χ3v) is 7.47. The van der Waals surface area contributed by atoms with E-state index in [1.165, 1.54) is 0 Å². The van der Waals surface area contributed by atoms with Crippen LogP contribution in [0.15, 0.2) is 65.5 Å². The van der Waals surface area contributed by atoms with Gasteiger partial charge in [-0.1, -0.05) is 82.6 Å². The Hall–Kier alpha value is -3.93. The molecule has 2 amide bonds. The molecule has 1 unspecified atom stereocenters. The molecule has 0 aliphatic rings. The number of aromatic nitrogens is 2. The van der Waals surface area contributed by atoms with Gasteiger partial charge in [-0.3, -0.25) is 9.36 Å². The van der Waals surface area contributed by atoms with E-state index in [2.05, 4.69) is 57.3 Å². The first-order chi connectivity index (χ1) is 18.5. The Morgan fingerprint density at radius 1 is 0.949 bits per heavy atom. The number of aryl methyl sites for hydroxylation is 2. The normalized spacial score (nSPS) is 12.3. The van der Waals surface area contributed by atoms with Crippen LogP contribution in [0.1, 0.15) is 87.0 Å². The van der Waals surface area contributed by atoms with Crippen LogP contribution in [0.5, 0.6) is 0 Å². The molecule has 0 saturated carbocycles. The van der Waals surface area contributed by atoms with E-state index in [-0.39, 0.29) is 23.4 Å². The average molecular weight is 525 g/mol. The SMILES string of the molecule is CCC(c1nc2ccccc2c(=O)n1-c1ccc(C)cc1C)N(C)C(=O)Nc1c(C(C)C)cccc1C(C)C. The fourth-order valence-electron chi connectivity index (χ4n) is 5.32. The third-order valence-electron chi connectivity index (χ3n) is 7.47. The van der Waals surface area contributed by atoms with Gasteiger partial charge in [-0.15, -0.1) is 0 Å². The van der Waals surface area contributed by atoms with E-state index in [9.17, 15) is 9.59 Å². The number of rotatable bonds is 7. The molecule has 0 bridgehead atoms. The van der Waals surface area contributed by atoms with E-state index in [1.54, 1.807) is 16.5 Å². The summed E-state index contributed by atoms with van der Waals surface area (Å²) in [4.78, 5) is 34.4. The zero-order valence-electron chi connectivity index (χ0n) is 24.4. The van der Waals surface area contributed by atoms with Crippen LogP contribution in [0, 0.1) is 13.8 Å². The second-order valence-electron chi connectivity index (χ2n) is 11.0. The van der Waals surface area contributed by atoms with Gasteiger partial charge < -0.3 is 10.2 Å². The highest BCUT2D eigenvalue weighted by Gasteiger charge is 2.28. The monoisotopic (exact) mass is 524 g/mol. The van der Waals surface area contributed by atoms with Crippen LogP contribution in [0.3, 0.4) is 0 Å². The van der Waals surface area contributed by atoms with Crippen LogP contribution in [0.2, 0.25) is 0 Å². The zero-order valence-corrected chi connectivity index (χ0v) is 24.4. The van der Waals surface area contributed by atoms with Gasteiger partial charge in [0.05, 0.1) is 22.6 Å². The van der Waals surface area contributed by atoms with Gasteiger partial charge in [-0.25, -0.2) is 9.78 Å². The summed E-state index contributed by atoms with van der Waals surface area (Å²) in [5, 5.41) is 3.78. The van der Waals surface area contributed by atoms with E-state index >= 15 is 0 Å². The van der Waals surface area contributed by atoms with E-state index < -0.39 is 6.04 Å². The number of amides is 2. The predicted octanol–water partition coefficient (Wildman–Crippen LogP) is 7.86. The zero-order chi connectivity index (χ0) is 28.4. The Balaban J connectivity index is 1.85. The van der Waals surface area contributed by atoms with Crippen molar-refractivity contribution >= 4 is 22.6 Å². The van der Waals surface area contributed by atoms with E-state index in [0.717, 1.165) is 33.6 Å². The van der Waals surface area contributed by atoms with Crippen molar-refractivity contribution in [2.24, 2.45) is 0 Å². The van der Waals surface area contributed by atoms with Gasteiger partial charge >= 0.3 is 6.03 Å². The number of anilines is 1. The second kappa shape index (κ2) is 11.4. The Morgan fingerprint density at radius 3 is 2.18 bits per heavy atom. The summed E-state index contributed by atoms with van der Waals surface area (Å²) in [5.41, 5.74) is 6.43. The lowest BCUT2D eigenvalue weighted by atomic mass is 9.92. The van der Waals surface area contributed by atoms with Crippen molar-refractivity contribution in [2.45, 2.75) is 72.8 Å². The molecule has 0 saturated heterocycles. The van der Waals surface area contributed by atoms with Crippen LogP contribution in [0.25, 0.3) is 16.6 Å². The van der Waals surface area contributed by atoms with Crippen LogP contribution in [-0.2, 0) is 0 Å². The van der Waals surface area contributed by atoms with E-state index in [1.807, 2.05) is 57.2 Å². The van der Waals surface area contributed by atoms with Crippen molar-refractivity contribution in [1.29, 1.82) is 0 Å². The summed E-state index contributed by atoms with van der Waals surface area (Å²) < 4.78 is 1.69. The number of carbonyl (C=O) groups is 1. The minimum Gasteiger partial charge on any atom is -0.317 e. The highest BCUT2D eigenvalue weighted by atomic mass is 16.2.